The Morgan fingerprint density at radius 2 is 1.87 bits per heavy atom. The third-order valence-corrected chi connectivity index (χ3v) is 11.8. The molecule has 0 amide bonds. The molecule has 0 bridgehead atoms. The van der Waals surface area contributed by atoms with Gasteiger partial charge >= 0.3 is 10.1 Å². The van der Waals surface area contributed by atoms with Gasteiger partial charge in [-0.05, 0) is 41.4 Å². The van der Waals surface area contributed by atoms with Crippen LogP contribution in [0.1, 0.15) is 17.8 Å². The largest absolute Gasteiger partial charge is 0.320 e. The van der Waals surface area contributed by atoms with Crippen molar-refractivity contribution in [2.24, 2.45) is 0 Å². The number of rotatable bonds is 6. The fourth-order valence-corrected chi connectivity index (χ4v) is 9.94. The van der Waals surface area contributed by atoms with Gasteiger partial charge in [-0.2, -0.15) is 21.4 Å². The third-order valence-electron chi connectivity index (χ3n) is 7.16. The summed E-state index contributed by atoms with van der Waals surface area (Å²) in [5, 5.41) is 3.00. The van der Waals surface area contributed by atoms with Crippen LogP contribution in [0.2, 0.25) is 5.02 Å². The van der Waals surface area contributed by atoms with Gasteiger partial charge in [0.25, 0.3) is 15.1 Å². The quantitative estimate of drug-likeness (QED) is 0.173. The lowest BCUT2D eigenvalue weighted by atomic mass is 10.0. The molecule has 0 radical (unpaired) electrons. The summed E-state index contributed by atoms with van der Waals surface area (Å²) >= 11 is 9.25. The summed E-state index contributed by atoms with van der Waals surface area (Å²) in [6, 6.07) is 17.3. The monoisotopic (exact) mass is 610 g/mol. The number of thiazole rings is 1. The molecule has 13 heteroatoms. The summed E-state index contributed by atoms with van der Waals surface area (Å²) in [6.07, 6.45) is 2.46. The molecule has 3 aromatic carbocycles. The molecule has 2 atom stereocenters. The Bertz CT molecular complexity index is 1870. The number of halogens is 1. The molecule has 8 nitrogen and oxygen atoms in total. The van der Waals surface area contributed by atoms with Crippen molar-refractivity contribution in [2.75, 3.05) is 12.3 Å². The Morgan fingerprint density at radius 1 is 1.08 bits per heavy atom. The van der Waals surface area contributed by atoms with Gasteiger partial charge in [0.2, 0.25) is 10.9 Å². The molecule has 2 N–H and O–H groups in total. The molecule has 6 rings (SSSR count). The van der Waals surface area contributed by atoms with Crippen molar-refractivity contribution in [1.29, 1.82) is 0 Å². The first kappa shape index (κ1) is 26.2. The number of aryl methyl sites for hydroxylation is 1. The van der Waals surface area contributed by atoms with Gasteiger partial charge in [-0.15, -0.1) is 0 Å². The lowest BCUT2D eigenvalue weighted by molar-refractivity contribution is -0.668. The van der Waals surface area contributed by atoms with E-state index in [1.165, 1.54) is 23.1 Å². The van der Waals surface area contributed by atoms with Crippen molar-refractivity contribution in [1.82, 2.24) is 4.48 Å². The van der Waals surface area contributed by atoms with Crippen molar-refractivity contribution >= 4 is 87.7 Å². The van der Waals surface area contributed by atoms with E-state index in [1.54, 1.807) is 6.07 Å². The second-order valence-electron chi connectivity index (χ2n) is 9.41. The van der Waals surface area contributed by atoms with Crippen LogP contribution in [0.25, 0.3) is 27.1 Å². The average Bonchev–Trinajstić information content (AvgIpc) is 3.33. The van der Waals surface area contributed by atoms with E-state index in [0.717, 1.165) is 41.6 Å². The Balaban J connectivity index is 1.55. The molecule has 4 aromatic rings. The molecule has 0 aliphatic carbocycles. The molecule has 38 heavy (non-hydrogen) atoms. The summed E-state index contributed by atoms with van der Waals surface area (Å²) in [5.74, 6) is -0.384. The zero-order valence-electron chi connectivity index (χ0n) is 19.8. The van der Waals surface area contributed by atoms with E-state index in [1.807, 2.05) is 59.2 Å². The summed E-state index contributed by atoms with van der Waals surface area (Å²) in [4.78, 5) is 0.936. The second kappa shape index (κ2) is 9.27. The molecular formula is C25H23ClN2O6S4+2. The summed E-state index contributed by atoms with van der Waals surface area (Å²) in [5.41, 5.74) is 1.69. The maximum atomic E-state index is 12.6. The Hall–Kier alpha value is -2.03. The number of fused-ring (bicyclic) bond motifs is 5. The Labute approximate surface area is 233 Å². The predicted molar refractivity (Wildman–Crippen MR) is 152 cm³/mol. The van der Waals surface area contributed by atoms with Crippen LogP contribution in [0.15, 0.2) is 64.5 Å². The fourth-order valence-electron chi connectivity index (χ4n) is 5.48. The second-order valence-corrected chi connectivity index (χ2v) is 15.1. The highest BCUT2D eigenvalue weighted by atomic mass is 35.5. The van der Waals surface area contributed by atoms with Crippen LogP contribution in [-0.4, -0.2) is 43.6 Å². The van der Waals surface area contributed by atoms with Gasteiger partial charge in [0.05, 0.1) is 29.7 Å². The minimum atomic E-state index is -4.36. The molecule has 2 unspecified atom stereocenters. The average molecular weight is 611 g/mol. The highest BCUT2D eigenvalue weighted by molar-refractivity contribution is 8.03. The van der Waals surface area contributed by atoms with Crippen molar-refractivity contribution in [3.8, 4) is 0 Å². The van der Waals surface area contributed by atoms with Gasteiger partial charge in [-0.25, -0.2) is 4.48 Å². The topological polar surface area (TPSA) is 113 Å². The fraction of sp³-hybridized carbons (Fsp3) is 0.240. The van der Waals surface area contributed by atoms with Crippen molar-refractivity contribution in [3.63, 3.8) is 0 Å². The number of thioether (sulfide) groups is 1. The number of hydrogen-bond donors (Lipinski definition) is 2. The zero-order chi connectivity index (χ0) is 26.9. The smallest absolute Gasteiger partial charge is 0.286 e. The first-order valence-electron chi connectivity index (χ1n) is 11.8. The van der Waals surface area contributed by atoms with Crippen LogP contribution in [0.5, 0.6) is 0 Å². The van der Waals surface area contributed by atoms with E-state index in [9.17, 15) is 25.9 Å². The molecule has 2 aliphatic rings. The van der Waals surface area contributed by atoms with E-state index in [0.29, 0.717) is 24.5 Å². The number of aromatic nitrogens is 1. The predicted octanol–water partition coefficient (Wildman–Crippen LogP) is 5.30. The zero-order valence-corrected chi connectivity index (χ0v) is 23.8. The van der Waals surface area contributed by atoms with E-state index >= 15 is 0 Å². The molecule has 1 aromatic heterocycles. The number of quaternary nitrogens is 1. The highest BCUT2D eigenvalue weighted by Crippen LogP contribution is 2.60. The van der Waals surface area contributed by atoms with E-state index in [2.05, 4.69) is 0 Å². The number of hydrogen-bond acceptors (Lipinski definition) is 6. The third kappa shape index (κ3) is 4.37. The molecule has 3 heterocycles. The minimum absolute atomic E-state index is 0.0141. The maximum Gasteiger partial charge on any atom is 0.320 e. The van der Waals surface area contributed by atoms with Crippen LogP contribution < -0.4 is 9.05 Å². The lowest BCUT2D eigenvalue weighted by Gasteiger charge is -2.47. The minimum Gasteiger partial charge on any atom is -0.286 e. The molecule has 0 saturated carbocycles. The molecule has 1 fully saturated rings. The van der Waals surface area contributed by atoms with E-state index in [4.69, 9.17) is 11.6 Å². The van der Waals surface area contributed by atoms with Gasteiger partial charge in [0.15, 0.2) is 17.3 Å². The SMILES string of the molecule is O=S(=O)(O)CCC[n+]1c(/C=C2\Sc3ccc4ccccc4c3[N+]23CCC3S(=O)(=O)O)sc2ccc(Cl)cc21. The summed E-state index contributed by atoms with van der Waals surface area (Å²) in [7, 11) is -8.48. The normalized spacial score (nSPS) is 22.4. The number of nitrogens with zero attached hydrogens (tertiary/aromatic N) is 2. The lowest BCUT2D eigenvalue weighted by Crippen LogP contribution is -2.66. The molecule has 1 saturated heterocycles. The van der Waals surface area contributed by atoms with Crippen molar-refractivity contribution < 1.29 is 30.5 Å². The molecule has 198 valence electrons. The van der Waals surface area contributed by atoms with Gasteiger partial charge in [-0.1, -0.05) is 47.2 Å². The molecule has 2 aliphatic heterocycles. The van der Waals surface area contributed by atoms with Gasteiger partial charge in [0.1, 0.15) is 4.70 Å². The van der Waals surface area contributed by atoms with E-state index in [-0.39, 0.29) is 16.7 Å². The first-order chi connectivity index (χ1) is 18.0. The highest BCUT2D eigenvalue weighted by Gasteiger charge is 2.62. The van der Waals surface area contributed by atoms with Crippen molar-refractivity contribution in [3.05, 3.63) is 69.7 Å². The van der Waals surface area contributed by atoms with Gasteiger partial charge < -0.3 is 0 Å². The van der Waals surface area contributed by atoms with Crippen LogP contribution in [0, 0.1) is 0 Å². The summed E-state index contributed by atoms with van der Waals surface area (Å²) in [6.45, 7) is 0.825. The standard InChI is InChI=1S/C25H21ClN2O6S4/c26-17-7-9-20-19(14-17)27(11-3-13-37(29,30)31)22(35-20)15-23-28(12-10-24(28)38(32,33)34)25-18-5-2-1-4-16(18)6-8-21(25)36-23/h1-2,4-9,14-15,24H,3,10-13H2/p+2/b23-15-. The van der Waals surface area contributed by atoms with Crippen LogP contribution in [0.3, 0.4) is 0 Å². The van der Waals surface area contributed by atoms with Crippen molar-refractivity contribution in [2.45, 2.75) is 29.7 Å². The Morgan fingerprint density at radius 3 is 2.58 bits per heavy atom. The molecule has 1 spiro atoms. The van der Waals surface area contributed by atoms with Gasteiger partial charge in [0, 0.05) is 22.9 Å². The van der Waals surface area contributed by atoms with Crippen LogP contribution in [-0.2, 0) is 26.8 Å². The van der Waals surface area contributed by atoms with E-state index < -0.39 is 25.6 Å². The van der Waals surface area contributed by atoms with Gasteiger partial charge in [-0.3, -0.25) is 9.11 Å². The Kier molecular flexibility index (Phi) is 6.39. The van der Waals surface area contributed by atoms with Crippen LogP contribution >= 0.6 is 34.7 Å². The maximum absolute atomic E-state index is 12.6. The number of benzene rings is 3. The first-order valence-corrected chi connectivity index (χ1v) is 16.9. The summed E-state index contributed by atoms with van der Waals surface area (Å²) < 4.78 is 70.3. The van der Waals surface area contributed by atoms with Crippen LogP contribution in [0.4, 0.5) is 5.69 Å². The molecular weight excluding hydrogens is 588 g/mol.